The molecule has 0 saturated carbocycles. The molecule has 2 atom stereocenters. The van der Waals surface area contributed by atoms with Gasteiger partial charge in [-0.15, -0.1) is 11.3 Å². The number of carbonyl (C=O) groups excluding carboxylic acids is 2. The number of benzene rings is 1. The molecule has 30 heavy (non-hydrogen) atoms. The van der Waals surface area contributed by atoms with Gasteiger partial charge in [-0.2, -0.15) is 0 Å². The zero-order valence-electron chi connectivity index (χ0n) is 17.6. The lowest BCUT2D eigenvalue weighted by molar-refractivity contribution is -0.125. The maximum atomic E-state index is 13.0. The van der Waals surface area contributed by atoms with Crippen molar-refractivity contribution >= 4 is 23.2 Å². The summed E-state index contributed by atoms with van der Waals surface area (Å²) >= 11 is 1.41. The SMILES string of the molecule is COCCCNC(=O)[C@H]1CN(C(=O)c2cccs2)C[C@H]1c1cc(OC)ccc1OC. The second-order valence-electron chi connectivity index (χ2n) is 7.15. The van der Waals surface area contributed by atoms with E-state index in [1.165, 1.54) is 11.3 Å². The van der Waals surface area contributed by atoms with E-state index >= 15 is 0 Å². The van der Waals surface area contributed by atoms with E-state index in [4.69, 9.17) is 14.2 Å². The van der Waals surface area contributed by atoms with Gasteiger partial charge in [-0.3, -0.25) is 9.59 Å². The third kappa shape index (κ3) is 4.94. The highest BCUT2D eigenvalue weighted by Crippen LogP contribution is 2.40. The smallest absolute Gasteiger partial charge is 0.263 e. The molecule has 1 saturated heterocycles. The molecule has 1 N–H and O–H groups in total. The molecule has 3 rings (SSSR count). The molecule has 1 aromatic carbocycles. The van der Waals surface area contributed by atoms with Gasteiger partial charge in [0.1, 0.15) is 11.5 Å². The molecule has 1 aromatic heterocycles. The summed E-state index contributed by atoms with van der Waals surface area (Å²) in [5, 5.41) is 4.87. The first-order chi connectivity index (χ1) is 14.6. The zero-order chi connectivity index (χ0) is 21.5. The van der Waals surface area contributed by atoms with E-state index in [0.29, 0.717) is 42.6 Å². The Morgan fingerprint density at radius 1 is 1.17 bits per heavy atom. The van der Waals surface area contributed by atoms with Crippen LogP contribution in [0.15, 0.2) is 35.7 Å². The Morgan fingerprint density at radius 2 is 2.00 bits per heavy atom. The minimum atomic E-state index is -0.377. The van der Waals surface area contributed by atoms with Crippen LogP contribution in [0.4, 0.5) is 0 Å². The second kappa shape index (κ2) is 10.4. The van der Waals surface area contributed by atoms with Gasteiger partial charge < -0.3 is 24.4 Å². The Bertz CT molecular complexity index is 855. The van der Waals surface area contributed by atoms with Crippen LogP contribution in [0.1, 0.15) is 27.6 Å². The Kier molecular flexibility index (Phi) is 7.70. The predicted octanol–water partition coefficient (Wildman–Crippen LogP) is 2.77. The number of hydrogen-bond acceptors (Lipinski definition) is 6. The normalized spacial score (nSPS) is 18.3. The average Bonchev–Trinajstić information content (AvgIpc) is 3.46. The van der Waals surface area contributed by atoms with Gasteiger partial charge in [0.2, 0.25) is 5.91 Å². The number of likely N-dealkylation sites (tertiary alicyclic amines) is 1. The van der Waals surface area contributed by atoms with Crippen molar-refractivity contribution in [3.63, 3.8) is 0 Å². The summed E-state index contributed by atoms with van der Waals surface area (Å²) in [6.07, 6.45) is 0.736. The Morgan fingerprint density at radius 3 is 2.67 bits per heavy atom. The molecular weight excluding hydrogens is 404 g/mol. The fraction of sp³-hybridized carbons (Fsp3) is 0.455. The number of nitrogens with one attached hydrogen (secondary N) is 1. The third-order valence-corrected chi connectivity index (χ3v) is 6.19. The quantitative estimate of drug-likeness (QED) is 0.617. The minimum absolute atomic E-state index is 0.0495. The summed E-state index contributed by atoms with van der Waals surface area (Å²) < 4.78 is 16.0. The Hall–Kier alpha value is -2.58. The number of rotatable bonds is 9. The molecule has 7 nitrogen and oxygen atoms in total. The summed E-state index contributed by atoms with van der Waals surface area (Å²) in [5.74, 6) is 0.685. The number of thiophene rings is 1. The van der Waals surface area contributed by atoms with Crippen LogP contribution in [0.25, 0.3) is 0 Å². The largest absolute Gasteiger partial charge is 0.497 e. The molecule has 1 fully saturated rings. The highest BCUT2D eigenvalue weighted by molar-refractivity contribution is 7.12. The topological polar surface area (TPSA) is 77.1 Å². The van der Waals surface area contributed by atoms with Gasteiger partial charge in [0.05, 0.1) is 25.0 Å². The van der Waals surface area contributed by atoms with E-state index < -0.39 is 0 Å². The van der Waals surface area contributed by atoms with Gasteiger partial charge in [0, 0.05) is 44.8 Å². The van der Waals surface area contributed by atoms with Crippen molar-refractivity contribution in [3.05, 3.63) is 46.2 Å². The van der Waals surface area contributed by atoms with E-state index in [1.807, 2.05) is 35.7 Å². The molecule has 1 aliphatic heterocycles. The summed E-state index contributed by atoms with van der Waals surface area (Å²) in [6.45, 7) is 1.92. The second-order valence-corrected chi connectivity index (χ2v) is 8.09. The van der Waals surface area contributed by atoms with Crippen LogP contribution >= 0.6 is 11.3 Å². The van der Waals surface area contributed by atoms with E-state index in [-0.39, 0.29) is 23.7 Å². The lowest BCUT2D eigenvalue weighted by atomic mass is 9.87. The summed E-state index contributed by atoms with van der Waals surface area (Å²) in [4.78, 5) is 28.4. The monoisotopic (exact) mass is 432 g/mol. The lowest BCUT2D eigenvalue weighted by Gasteiger charge is -2.21. The number of amides is 2. The van der Waals surface area contributed by atoms with Crippen molar-refractivity contribution in [1.82, 2.24) is 10.2 Å². The first-order valence-electron chi connectivity index (χ1n) is 9.90. The highest BCUT2D eigenvalue weighted by atomic mass is 32.1. The molecule has 2 amide bonds. The molecule has 0 radical (unpaired) electrons. The predicted molar refractivity (Wildman–Crippen MR) is 116 cm³/mol. The van der Waals surface area contributed by atoms with E-state index in [0.717, 1.165) is 12.0 Å². The van der Waals surface area contributed by atoms with Crippen LogP contribution in [-0.4, -0.2) is 64.3 Å². The number of hydrogen-bond donors (Lipinski definition) is 1. The average molecular weight is 433 g/mol. The highest BCUT2D eigenvalue weighted by Gasteiger charge is 2.42. The van der Waals surface area contributed by atoms with Crippen molar-refractivity contribution in [2.75, 3.05) is 47.6 Å². The van der Waals surface area contributed by atoms with Gasteiger partial charge in [0.25, 0.3) is 5.91 Å². The van der Waals surface area contributed by atoms with Crippen LogP contribution in [-0.2, 0) is 9.53 Å². The first-order valence-corrected chi connectivity index (χ1v) is 10.8. The number of nitrogens with zero attached hydrogens (tertiary/aromatic N) is 1. The van der Waals surface area contributed by atoms with Crippen LogP contribution in [0.5, 0.6) is 11.5 Å². The van der Waals surface area contributed by atoms with Crippen molar-refractivity contribution in [3.8, 4) is 11.5 Å². The van der Waals surface area contributed by atoms with Crippen LogP contribution < -0.4 is 14.8 Å². The van der Waals surface area contributed by atoms with E-state index in [9.17, 15) is 9.59 Å². The third-order valence-electron chi connectivity index (χ3n) is 5.34. The van der Waals surface area contributed by atoms with Gasteiger partial charge >= 0.3 is 0 Å². The summed E-state index contributed by atoms with van der Waals surface area (Å²) in [5.41, 5.74) is 0.871. The maximum Gasteiger partial charge on any atom is 0.263 e. The standard InChI is InChI=1S/C22H28N2O5S/c1-27-10-5-9-23-21(25)18-14-24(22(26)20-6-4-11-30-20)13-17(18)16-12-15(28-2)7-8-19(16)29-3/h4,6-8,11-12,17-18H,5,9-10,13-14H2,1-3H3,(H,23,25)/t17-,18-/m0/s1. The van der Waals surface area contributed by atoms with Crippen molar-refractivity contribution in [1.29, 1.82) is 0 Å². The van der Waals surface area contributed by atoms with Gasteiger partial charge in [-0.1, -0.05) is 6.07 Å². The Balaban J connectivity index is 1.87. The molecule has 2 heterocycles. The summed E-state index contributed by atoms with van der Waals surface area (Å²) in [7, 11) is 4.85. The molecule has 0 aliphatic carbocycles. The molecule has 0 bridgehead atoms. The molecule has 0 unspecified atom stereocenters. The number of carbonyl (C=O) groups is 2. The molecule has 2 aromatic rings. The molecule has 1 aliphatic rings. The van der Waals surface area contributed by atoms with Crippen molar-refractivity contribution in [2.45, 2.75) is 12.3 Å². The zero-order valence-corrected chi connectivity index (χ0v) is 18.4. The number of methoxy groups -OCH3 is 3. The van der Waals surface area contributed by atoms with Gasteiger partial charge in [-0.25, -0.2) is 0 Å². The minimum Gasteiger partial charge on any atom is -0.497 e. The molecule has 162 valence electrons. The van der Waals surface area contributed by atoms with Crippen molar-refractivity contribution < 1.29 is 23.8 Å². The number of ether oxygens (including phenoxy) is 3. The van der Waals surface area contributed by atoms with Gasteiger partial charge in [0.15, 0.2) is 0 Å². The first kappa shape index (κ1) is 22.1. The van der Waals surface area contributed by atoms with Crippen LogP contribution in [0.2, 0.25) is 0 Å². The molecule has 0 spiro atoms. The van der Waals surface area contributed by atoms with Crippen LogP contribution in [0.3, 0.4) is 0 Å². The van der Waals surface area contributed by atoms with Crippen molar-refractivity contribution in [2.24, 2.45) is 5.92 Å². The molecule has 8 heteroatoms. The van der Waals surface area contributed by atoms with Crippen LogP contribution in [0, 0.1) is 5.92 Å². The lowest BCUT2D eigenvalue weighted by Crippen LogP contribution is -2.36. The maximum absolute atomic E-state index is 13.0. The van der Waals surface area contributed by atoms with E-state index in [1.54, 1.807) is 26.2 Å². The fourth-order valence-electron chi connectivity index (χ4n) is 3.79. The Labute approximate surface area is 180 Å². The van der Waals surface area contributed by atoms with E-state index in [2.05, 4.69) is 5.32 Å². The molecular formula is C22H28N2O5S. The fourth-order valence-corrected chi connectivity index (χ4v) is 4.49. The van der Waals surface area contributed by atoms with Gasteiger partial charge in [-0.05, 0) is 36.1 Å². The summed E-state index contributed by atoms with van der Waals surface area (Å²) in [6, 6.07) is 9.23.